The zero-order valence-corrected chi connectivity index (χ0v) is 17.3. The Morgan fingerprint density at radius 3 is 2.93 bits per heavy atom. The molecule has 0 amide bonds. The van der Waals surface area contributed by atoms with E-state index < -0.39 is 0 Å². The smallest absolute Gasteiger partial charge is 0.191 e. The maximum Gasteiger partial charge on any atom is 0.191 e. The van der Waals surface area contributed by atoms with Crippen molar-refractivity contribution in [3.8, 4) is 5.75 Å². The fraction of sp³-hybridized carbons (Fsp3) is 0.571. The summed E-state index contributed by atoms with van der Waals surface area (Å²) in [7, 11) is 1.79. The summed E-state index contributed by atoms with van der Waals surface area (Å²) in [6.07, 6.45) is 5.59. The molecule has 152 valence electrons. The lowest BCUT2D eigenvalue weighted by molar-refractivity contribution is 0.336. The molecule has 0 unspecified atom stereocenters. The minimum Gasteiger partial charge on any atom is -0.494 e. The van der Waals surface area contributed by atoms with Crippen LogP contribution in [0, 0.1) is 6.92 Å². The highest BCUT2D eigenvalue weighted by atomic mass is 16.5. The largest absolute Gasteiger partial charge is 0.494 e. The van der Waals surface area contributed by atoms with Crippen molar-refractivity contribution < 1.29 is 4.74 Å². The second-order valence-electron chi connectivity index (χ2n) is 7.14. The maximum absolute atomic E-state index is 5.76. The highest BCUT2D eigenvalue weighted by Gasteiger charge is 2.14. The molecule has 0 fully saturated rings. The van der Waals surface area contributed by atoms with Crippen molar-refractivity contribution in [2.75, 3.05) is 20.2 Å². The van der Waals surface area contributed by atoms with Gasteiger partial charge in [0.05, 0.1) is 6.61 Å². The monoisotopic (exact) mass is 384 g/mol. The molecule has 1 aliphatic heterocycles. The molecule has 0 bridgehead atoms. The zero-order valence-electron chi connectivity index (χ0n) is 17.3. The van der Waals surface area contributed by atoms with E-state index in [0.29, 0.717) is 13.2 Å². The standard InChI is InChI=1S/C21H32N6O/c1-4-28-18-14-16(2)9-10-17(18)15-24-21(22-3)23-12-11-20-26-25-19-8-6-5-7-13-27(19)20/h9-10,14H,4-8,11-13,15H2,1-3H3,(H2,22,23,24). The maximum atomic E-state index is 5.76. The molecule has 1 aromatic heterocycles. The second-order valence-corrected chi connectivity index (χ2v) is 7.14. The zero-order chi connectivity index (χ0) is 19.8. The first-order valence-corrected chi connectivity index (χ1v) is 10.3. The first-order valence-electron chi connectivity index (χ1n) is 10.3. The van der Waals surface area contributed by atoms with E-state index in [1.807, 2.05) is 6.92 Å². The molecule has 3 rings (SSSR count). The Morgan fingerprint density at radius 1 is 1.21 bits per heavy atom. The third kappa shape index (κ3) is 5.24. The lowest BCUT2D eigenvalue weighted by Crippen LogP contribution is -2.38. The van der Waals surface area contributed by atoms with Gasteiger partial charge in [-0.15, -0.1) is 10.2 Å². The van der Waals surface area contributed by atoms with E-state index in [1.54, 1.807) is 7.05 Å². The van der Waals surface area contributed by atoms with E-state index in [4.69, 9.17) is 4.74 Å². The van der Waals surface area contributed by atoms with E-state index in [1.165, 1.54) is 24.8 Å². The first-order chi connectivity index (χ1) is 13.7. The Bertz CT molecular complexity index is 798. The van der Waals surface area contributed by atoms with Crippen LogP contribution in [0.25, 0.3) is 0 Å². The molecule has 0 radical (unpaired) electrons. The fourth-order valence-corrected chi connectivity index (χ4v) is 3.52. The van der Waals surface area contributed by atoms with Crippen molar-refractivity contribution in [1.29, 1.82) is 0 Å². The van der Waals surface area contributed by atoms with Gasteiger partial charge in [0.25, 0.3) is 0 Å². The number of aryl methyl sites for hydroxylation is 2. The topological polar surface area (TPSA) is 76.4 Å². The summed E-state index contributed by atoms with van der Waals surface area (Å²) < 4.78 is 8.06. The minimum atomic E-state index is 0.659. The van der Waals surface area contributed by atoms with Crippen molar-refractivity contribution in [3.05, 3.63) is 41.0 Å². The number of nitrogens with one attached hydrogen (secondary N) is 2. The van der Waals surface area contributed by atoms with Gasteiger partial charge < -0.3 is 19.9 Å². The summed E-state index contributed by atoms with van der Waals surface area (Å²) in [5.41, 5.74) is 2.32. The van der Waals surface area contributed by atoms with Crippen LogP contribution < -0.4 is 15.4 Å². The molecule has 0 spiro atoms. The Morgan fingerprint density at radius 2 is 2.11 bits per heavy atom. The number of aliphatic imine (C=N–C) groups is 1. The third-order valence-corrected chi connectivity index (χ3v) is 5.02. The van der Waals surface area contributed by atoms with Crippen LogP contribution in [0.15, 0.2) is 23.2 Å². The summed E-state index contributed by atoms with van der Waals surface area (Å²) in [5.74, 6) is 3.91. The Hall–Kier alpha value is -2.57. The van der Waals surface area contributed by atoms with E-state index in [2.05, 4.69) is 55.5 Å². The summed E-state index contributed by atoms with van der Waals surface area (Å²) in [6.45, 7) is 7.21. The number of fused-ring (bicyclic) bond motifs is 1. The van der Waals surface area contributed by atoms with Crippen LogP contribution in [-0.2, 0) is 25.9 Å². The van der Waals surface area contributed by atoms with Crippen molar-refractivity contribution in [2.45, 2.75) is 59.0 Å². The van der Waals surface area contributed by atoms with Gasteiger partial charge in [-0.05, 0) is 38.3 Å². The molecule has 1 aliphatic rings. The number of hydrogen-bond acceptors (Lipinski definition) is 4. The quantitative estimate of drug-likeness (QED) is 0.567. The van der Waals surface area contributed by atoms with E-state index in [9.17, 15) is 0 Å². The molecule has 2 aromatic rings. The third-order valence-electron chi connectivity index (χ3n) is 5.02. The van der Waals surface area contributed by atoms with Crippen LogP contribution in [0.3, 0.4) is 0 Å². The molecule has 7 nitrogen and oxygen atoms in total. The number of rotatable bonds is 7. The van der Waals surface area contributed by atoms with E-state index >= 15 is 0 Å². The highest BCUT2D eigenvalue weighted by Crippen LogP contribution is 2.20. The molecule has 7 heteroatoms. The number of guanidine groups is 1. The summed E-state index contributed by atoms with van der Waals surface area (Å²) in [4.78, 5) is 4.33. The predicted octanol–water partition coefficient (Wildman–Crippen LogP) is 2.62. The summed E-state index contributed by atoms with van der Waals surface area (Å²) >= 11 is 0. The highest BCUT2D eigenvalue weighted by molar-refractivity contribution is 5.79. The Labute approximate surface area is 167 Å². The van der Waals surface area contributed by atoms with Crippen molar-refractivity contribution in [2.24, 2.45) is 4.99 Å². The van der Waals surface area contributed by atoms with Crippen LogP contribution in [0.4, 0.5) is 0 Å². The van der Waals surface area contributed by atoms with Crippen molar-refractivity contribution >= 4 is 5.96 Å². The van der Waals surface area contributed by atoms with Gasteiger partial charge in [0.2, 0.25) is 0 Å². The van der Waals surface area contributed by atoms with Gasteiger partial charge in [-0.1, -0.05) is 18.6 Å². The number of nitrogens with zero attached hydrogens (tertiary/aromatic N) is 4. The molecule has 0 saturated carbocycles. The van der Waals surface area contributed by atoms with Gasteiger partial charge >= 0.3 is 0 Å². The van der Waals surface area contributed by atoms with Gasteiger partial charge in [0.1, 0.15) is 17.4 Å². The number of aromatic nitrogens is 3. The van der Waals surface area contributed by atoms with Crippen LogP contribution >= 0.6 is 0 Å². The molecule has 0 saturated heterocycles. The normalized spacial score (nSPS) is 14.3. The summed E-state index contributed by atoms with van der Waals surface area (Å²) in [6, 6.07) is 6.28. The van der Waals surface area contributed by atoms with Gasteiger partial charge in [0.15, 0.2) is 5.96 Å². The SMILES string of the molecule is CCOc1cc(C)ccc1CNC(=NC)NCCc1nnc2n1CCCCC2. The molecule has 2 heterocycles. The molecule has 1 aromatic carbocycles. The fourth-order valence-electron chi connectivity index (χ4n) is 3.52. The number of ether oxygens (including phenoxy) is 1. The van der Waals surface area contributed by atoms with E-state index in [-0.39, 0.29) is 0 Å². The number of benzene rings is 1. The minimum absolute atomic E-state index is 0.659. The van der Waals surface area contributed by atoms with Crippen LogP contribution in [0.1, 0.15) is 49.0 Å². The molecule has 0 aliphatic carbocycles. The van der Waals surface area contributed by atoms with Crippen LogP contribution in [0.5, 0.6) is 5.75 Å². The molecule has 28 heavy (non-hydrogen) atoms. The Balaban J connectivity index is 1.51. The van der Waals surface area contributed by atoms with Gasteiger partial charge in [-0.3, -0.25) is 4.99 Å². The van der Waals surface area contributed by atoms with Crippen molar-refractivity contribution in [3.63, 3.8) is 0 Å². The molecular weight excluding hydrogens is 352 g/mol. The molecule has 0 atom stereocenters. The van der Waals surface area contributed by atoms with Crippen LogP contribution in [0.2, 0.25) is 0 Å². The van der Waals surface area contributed by atoms with Crippen molar-refractivity contribution in [1.82, 2.24) is 25.4 Å². The van der Waals surface area contributed by atoms with E-state index in [0.717, 1.165) is 54.9 Å². The predicted molar refractivity (Wildman–Crippen MR) is 112 cm³/mol. The van der Waals surface area contributed by atoms with Gasteiger partial charge in [-0.2, -0.15) is 0 Å². The van der Waals surface area contributed by atoms with Crippen LogP contribution in [-0.4, -0.2) is 40.9 Å². The average molecular weight is 385 g/mol. The first kappa shape index (κ1) is 20.2. The lowest BCUT2D eigenvalue weighted by Gasteiger charge is -2.15. The summed E-state index contributed by atoms with van der Waals surface area (Å²) in [5, 5.41) is 15.5. The van der Waals surface area contributed by atoms with Gasteiger partial charge in [-0.25, -0.2) is 0 Å². The lowest BCUT2D eigenvalue weighted by atomic mass is 10.1. The average Bonchev–Trinajstić information content (AvgIpc) is 2.92. The second kappa shape index (κ2) is 10.1. The van der Waals surface area contributed by atoms with Gasteiger partial charge in [0, 0.05) is 45.1 Å². The number of hydrogen-bond donors (Lipinski definition) is 2. The molecule has 2 N–H and O–H groups in total. The molecular formula is C21H32N6O. The Kier molecular flexibility index (Phi) is 7.28.